The minimum atomic E-state index is -0.848. The SMILES string of the molecule is O=C(O)CC(c1cc2c(cc1CF)OCO2)C1CC1. The summed E-state index contributed by atoms with van der Waals surface area (Å²) in [5.74, 6) is 0.503. The Hall–Kier alpha value is -1.78. The Morgan fingerprint density at radius 2 is 2.05 bits per heavy atom. The van der Waals surface area contributed by atoms with Crippen molar-refractivity contribution >= 4 is 5.97 Å². The van der Waals surface area contributed by atoms with Gasteiger partial charge in [-0.15, -0.1) is 0 Å². The Morgan fingerprint density at radius 3 is 2.63 bits per heavy atom. The van der Waals surface area contributed by atoms with Crippen LogP contribution in [0.25, 0.3) is 0 Å². The third-order valence-electron chi connectivity index (χ3n) is 3.76. The zero-order chi connectivity index (χ0) is 13.4. The van der Waals surface area contributed by atoms with E-state index in [0.29, 0.717) is 23.0 Å². The molecule has 0 amide bonds. The van der Waals surface area contributed by atoms with E-state index in [2.05, 4.69) is 0 Å². The molecule has 0 radical (unpaired) electrons. The van der Waals surface area contributed by atoms with Crippen LogP contribution in [-0.4, -0.2) is 17.9 Å². The van der Waals surface area contributed by atoms with E-state index in [1.807, 2.05) is 0 Å². The summed E-state index contributed by atoms with van der Waals surface area (Å²) in [6.07, 6.45) is 2.06. The van der Waals surface area contributed by atoms with Crippen LogP contribution in [0.2, 0.25) is 0 Å². The lowest BCUT2D eigenvalue weighted by molar-refractivity contribution is -0.137. The largest absolute Gasteiger partial charge is 0.481 e. The summed E-state index contributed by atoms with van der Waals surface area (Å²) in [5, 5.41) is 9.03. The van der Waals surface area contributed by atoms with Crippen LogP contribution in [-0.2, 0) is 11.5 Å². The average molecular weight is 266 g/mol. The molecule has 2 aliphatic rings. The van der Waals surface area contributed by atoms with Crippen molar-refractivity contribution in [1.29, 1.82) is 0 Å². The average Bonchev–Trinajstić information content (AvgIpc) is 3.12. The minimum Gasteiger partial charge on any atom is -0.481 e. The van der Waals surface area contributed by atoms with Crippen LogP contribution in [0.4, 0.5) is 4.39 Å². The van der Waals surface area contributed by atoms with Gasteiger partial charge in [-0.05, 0) is 47.9 Å². The van der Waals surface area contributed by atoms with Gasteiger partial charge in [-0.3, -0.25) is 4.79 Å². The smallest absolute Gasteiger partial charge is 0.303 e. The van der Waals surface area contributed by atoms with E-state index in [1.165, 1.54) is 0 Å². The van der Waals surface area contributed by atoms with Gasteiger partial charge in [-0.2, -0.15) is 0 Å². The summed E-state index contributed by atoms with van der Waals surface area (Å²) in [4.78, 5) is 11.0. The van der Waals surface area contributed by atoms with Crippen LogP contribution in [0.15, 0.2) is 12.1 Å². The number of hydrogen-bond acceptors (Lipinski definition) is 3. The second-order valence-electron chi connectivity index (χ2n) is 5.08. The predicted molar refractivity (Wildman–Crippen MR) is 65.1 cm³/mol. The Kier molecular flexibility index (Phi) is 3.05. The third-order valence-corrected chi connectivity index (χ3v) is 3.76. The normalized spacial score (nSPS) is 18.4. The molecule has 1 unspecified atom stereocenters. The molecule has 0 bridgehead atoms. The van der Waals surface area contributed by atoms with Gasteiger partial charge < -0.3 is 14.6 Å². The molecule has 1 atom stereocenters. The standard InChI is InChI=1S/C14H15FO4/c15-6-9-3-12-13(19-7-18-12)4-10(9)11(5-14(16)17)8-1-2-8/h3-4,8,11H,1-2,5-7H2,(H,16,17). The summed E-state index contributed by atoms with van der Waals surface area (Å²) < 4.78 is 23.7. The maximum atomic E-state index is 13.2. The minimum absolute atomic E-state index is 0.0390. The van der Waals surface area contributed by atoms with Crippen molar-refractivity contribution in [2.75, 3.05) is 6.79 Å². The van der Waals surface area contributed by atoms with Crippen LogP contribution >= 0.6 is 0 Å². The molecule has 1 aliphatic heterocycles. The van der Waals surface area contributed by atoms with Crippen LogP contribution in [0.5, 0.6) is 11.5 Å². The van der Waals surface area contributed by atoms with Crippen LogP contribution in [0.1, 0.15) is 36.3 Å². The number of fused-ring (bicyclic) bond motifs is 1. The summed E-state index contributed by atoms with van der Waals surface area (Å²) in [5.41, 5.74) is 1.28. The lowest BCUT2D eigenvalue weighted by Gasteiger charge is -2.18. The lowest BCUT2D eigenvalue weighted by Crippen LogP contribution is -2.10. The Balaban J connectivity index is 1.99. The second kappa shape index (κ2) is 4.72. The van der Waals surface area contributed by atoms with Crippen molar-refractivity contribution in [3.63, 3.8) is 0 Å². The van der Waals surface area contributed by atoms with E-state index >= 15 is 0 Å². The van der Waals surface area contributed by atoms with Gasteiger partial charge in [0.25, 0.3) is 0 Å². The Morgan fingerprint density at radius 1 is 1.37 bits per heavy atom. The van der Waals surface area contributed by atoms with Gasteiger partial charge in [0.05, 0.1) is 6.42 Å². The lowest BCUT2D eigenvalue weighted by atomic mass is 9.87. The van der Waals surface area contributed by atoms with Gasteiger partial charge in [0.1, 0.15) is 6.67 Å². The van der Waals surface area contributed by atoms with Gasteiger partial charge in [-0.25, -0.2) is 4.39 Å². The molecule has 0 aromatic heterocycles. The van der Waals surface area contributed by atoms with Crippen molar-refractivity contribution in [2.24, 2.45) is 5.92 Å². The topological polar surface area (TPSA) is 55.8 Å². The molecule has 1 aromatic rings. The molecule has 1 N–H and O–H groups in total. The summed E-state index contributed by atoms with van der Waals surface area (Å²) in [6.45, 7) is -0.480. The predicted octanol–water partition coefficient (Wildman–Crippen LogP) is 2.85. The number of rotatable bonds is 5. The molecule has 3 rings (SSSR count). The fourth-order valence-corrected chi connectivity index (χ4v) is 2.68. The number of ether oxygens (including phenoxy) is 2. The molecular weight excluding hydrogens is 251 g/mol. The van der Waals surface area contributed by atoms with Gasteiger partial charge in [0.15, 0.2) is 11.5 Å². The Bertz CT molecular complexity index is 510. The van der Waals surface area contributed by atoms with E-state index in [0.717, 1.165) is 18.4 Å². The fraction of sp³-hybridized carbons (Fsp3) is 0.500. The van der Waals surface area contributed by atoms with E-state index in [1.54, 1.807) is 12.1 Å². The van der Waals surface area contributed by atoms with Crippen molar-refractivity contribution in [3.8, 4) is 11.5 Å². The van der Waals surface area contributed by atoms with Gasteiger partial charge in [-0.1, -0.05) is 0 Å². The molecule has 1 fully saturated rings. The van der Waals surface area contributed by atoms with Crippen molar-refractivity contribution in [2.45, 2.75) is 31.9 Å². The highest BCUT2D eigenvalue weighted by atomic mass is 19.1. The molecule has 0 spiro atoms. The van der Waals surface area contributed by atoms with Crippen molar-refractivity contribution < 1.29 is 23.8 Å². The molecule has 19 heavy (non-hydrogen) atoms. The highest BCUT2D eigenvalue weighted by Gasteiger charge is 2.36. The number of aliphatic carboxylic acids is 1. The third kappa shape index (κ3) is 2.37. The van der Waals surface area contributed by atoms with Crippen molar-refractivity contribution in [3.05, 3.63) is 23.3 Å². The summed E-state index contributed by atoms with van der Waals surface area (Å²) >= 11 is 0. The molecule has 4 nitrogen and oxygen atoms in total. The highest BCUT2D eigenvalue weighted by molar-refractivity contribution is 5.68. The van der Waals surface area contributed by atoms with E-state index in [4.69, 9.17) is 14.6 Å². The molecule has 1 aliphatic carbocycles. The van der Waals surface area contributed by atoms with Gasteiger partial charge in [0, 0.05) is 0 Å². The van der Waals surface area contributed by atoms with Crippen LogP contribution in [0, 0.1) is 5.92 Å². The summed E-state index contributed by atoms with van der Waals surface area (Å²) in [6, 6.07) is 3.39. The molecule has 1 heterocycles. The molecular formula is C14H15FO4. The number of carboxylic acid groups (broad SMARTS) is 1. The Labute approximate surface area is 110 Å². The zero-order valence-corrected chi connectivity index (χ0v) is 10.4. The van der Waals surface area contributed by atoms with Gasteiger partial charge in [0.2, 0.25) is 6.79 Å². The summed E-state index contributed by atoms with van der Waals surface area (Å²) in [7, 11) is 0. The zero-order valence-electron chi connectivity index (χ0n) is 10.4. The molecule has 0 saturated heterocycles. The van der Waals surface area contributed by atoms with E-state index < -0.39 is 12.6 Å². The first-order chi connectivity index (χ1) is 9.19. The number of alkyl halides is 1. The van der Waals surface area contributed by atoms with Gasteiger partial charge >= 0.3 is 5.97 Å². The number of carbonyl (C=O) groups is 1. The van der Waals surface area contributed by atoms with E-state index in [9.17, 15) is 9.18 Å². The van der Waals surface area contributed by atoms with Crippen LogP contribution < -0.4 is 9.47 Å². The molecule has 1 aromatic carbocycles. The number of carboxylic acids is 1. The first-order valence-corrected chi connectivity index (χ1v) is 6.39. The first-order valence-electron chi connectivity index (χ1n) is 6.39. The molecule has 102 valence electrons. The van der Waals surface area contributed by atoms with E-state index in [-0.39, 0.29) is 19.1 Å². The number of benzene rings is 1. The molecule has 1 saturated carbocycles. The fourth-order valence-electron chi connectivity index (χ4n) is 2.68. The number of hydrogen-bond donors (Lipinski definition) is 1. The molecule has 5 heteroatoms. The maximum absolute atomic E-state index is 13.2. The van der Waals surface area contributed by atoms with Crippen LogP contribution in [0.3, 0.4) is 0 Å². The quantitative estimate of drug-likeness (QED) is 0.890. The monoisotopic (exact) mass is 266 g/mol. The first kappa shape index (κ1) is 12.3. The highest BCUT2D eigenvalue weighted by Crippen LogP contribution is 2.48. The van der Waals surface area contributed by atoms with Crippen molar-refractivity contribution in [1.82, 2.24) is 0 Å². The maximum Gasteiger partial charge on any atom is 0.303 e. The second-order valence-corrected chi connectivity index (χ2v) is 5.08. The number of halogens is 1.